The molecule has 3 rings (SSSR count). The zero-order valence-corrected chi connectivity index (χ0v) is 11.7. The van der Waals surface area contributed by atoms with Gasteiger partial charge in [-0.15, -0.1) is 0 Å². The van der Waals surface area contributed by atoms with Gasteiger partial charge in [0.15, 0.2) is 19.0 Å². The molecule has 2 heterocycles. The van der Waals surface area contributed by atoms with Crippen molar-refractivity contribution in [3.8, 4) is 11.4 Å². The number of hydrogen-bond donors (Lipinski definition) is 0. The van der Waals surface area contributed by atoms with E-state index in [1.54, 1.807) is 0 Å². The molecular formula is C15H10FN3O4. The summed E-state index contributed by atoms with van der Waals surface area (Å²) in [5.74, 6) is -0.614. The van der Waals surface area contributed by atoms with E-state index in [0.717, 1.165) is 0 Å². The Morgan fingerprint density at radius 2 is 1.91 bits per heavy atom. The standard InChI is InChI=1S/C15H10FN3O4/c16-12-3-1-10(2-4-12)14-17-13(23-18-14)9-22-15(20)11-5-7-19(21)8-6-11/h1-8H,9H2. The zero-order valence-electron chi connectivity index (χ0n) is 11.7. The van der Waals surface area contributed by atoms with Gasteiger partial charge in [-0.05, 0) is 24.3 Å². The third-order valence-corrected chi connectivity index (χ3v) is 2.93. The summed E-state index contributed by atoms with van der Waals surface area (Å²) in [5, 5.41) is 14.6. The Balaban J connectivity index is 1.64. The molecule has 8 heteroatoms. The van der Waals surface area contributed by atoms with E-state index in [4.69, 9.17) is 9.26 Å². The fourth-order valence-electron chi connectivity index (χ4n) is 1.79. The quantitative estimate of drug-likeness (QED) is 0.414. The molecule has 0 amide bonds. The third-order valence-electron chi connectivity index (χ3n) is 2.93. The normalized spacial score (nSPS) is 10.5. The predicted molar refractivity (Wildman–Crippen MR) is 74.2 cm³/mol. The molecule has 0 saturated carbocycles. The average molecular weight is 315 g/mol. The van der Waals surface area contributed by atoms with Crippen LogP contribution in [0.1, 0.15) is 16.2 Å². The van der Waals surface area contributed by atoms with Crippen LogP contribution in [-0.2, 0) is 11.3 Å². The lowest BCUT2D eigenvalue weighted by Crippen LogP contribution is -2.24. The van der Waals surface area contributed by atoms with Gasteiger partial charge < -0.3 is 14.5 Å². The number of carbonyl (C=O) groups excluding carboxylic acids is 1. The van der Waals surface area contributed by atoms with Crippen molar-refractivity contribution in [1.82, 2.24) is 10.1 Å². The van der Waals surface area contributed by atoms with Crippen LogP contribution in [0.15, 0.2) is 53.3 Å². The van der Waals surface area contributed by atoms with Crippen LogP contribution >= 0.6 is 0 Å². The van der Waals surface area contributed by atoms with E-state index < -0.39 is 5.97 Å². The van der Waals surface area contributed by atoms with Gasteiger partial charge in [-0.1, -0.05) is 5.16 Å². The molecule has 1 aromatic carbocycles. The van der Waals surface area contributed by atoms with Crippen LogP contribution < -0.4 is 4.73 Å². The summed E-state index contributed by atoms with van der Waals surface area (Å²) in [4.78, 5) is 15.8. The number of halogens is 1. The van der Waals surface area contributed by atoms with Gasteiger partial charge in [0, 0.05) is 17.7 Å². The van der Waals surface area contributed by atoms with Crippen molar-refractivity contribution >= 4 is 5.97 Å². The lowest BCUT2D eigenvalue weighted by Gasteiger charge is -2.01. The van der Waals surface area contributed by atoms with E-state index in [-0.39, 0.29) is 29.7 Å². The van der Waals surface area contributed by atoms with E-state index in [2.05, 4.69) is 10.1 Å². The molecule has 0 aliphatic rings. The molecular weight excluding hydrogens is 305 g/mol. The topological polar surface area (TPSA) is 92.2 Å². The van der Waals surface area contributed by atoms with E-state index >= 15 is 0 Å². The van der Waals surface area contributed by atoms with Gasteiger partial charge in [0.2, 0.25) is 5.82 Å². The van der Waals surface area contributed by atoms with Gasteiger partial charge in [-0.2, -0.15) is 9.71 Å². The number of pyridine rings is 1. The molecule has 0 saturated heterocycles. The first-order chi connectivity index (χ1) is 11.1. The molecule has 0 aliphatic heterocycles. The largest absolute Gasteiger partial charge is 0.619 e. The molecule has 2 aromatic heterocycles. The van der Waals surface area contributed by atoms with E-state index in [9.17, 15) is 14.4 Å². The Hall–Kier alpha value is -3.29. The van der Waals surface area contributed by atoms with Crippen LogP contribution in [0.25, 0.3) is 11.4 Å². The molecule has 0 atom stereocenters. The van der Waals surface area contributed by atoms with E-state index in [0.29, 0.717) is 10.3 Å². The Labute approximate surface area is 129 Å². The van der Waals surface area contributed by atoms with Crippen LogP contribution in [0, 0.1) is 11.0 Å². The second-order valence-electron chi connectivity index (χ2n) is 4.54. The highest BCUT2D eigenvalue weighted by Crippen LogP contribution is 2.16. The SMILES string of the molecule is O=C(OCc1nc(-c2ccc(F)cc2)no1)c1cc[n+]([O-])cc1. The molecule has 116 valence electrons. The first kappa shape index (κ1) is 14.6. The van der Waals surface area contributed by atoms with Crippen LogP contribution in [0.5, 0.6) is 0 Å². The van der Waals surface area contributed by atoms with Gasteiger partial charge >= 0.3 is 5.97 Å². The summed E-state index contributed by atoms with van der Waals surface area (Å²) in [6.07, 6.45) is 2.38. The summed E-state index contributed by atoms with van der Waals surface area (Å²) >= 11 is 0. The average Bonchev–Trinajstić information content (AvgIpc) is 3.03. The fourth-order valence-corrected chi connectivity index (χ4v) is 1.79. The second kappa shape index (κ2) is 6.22. The molecule has 0 bridgehead atoms. The minimum absolute atomic E-state index is 0.104. The van der Waals surface area contributed by atoms with Crippen molar-refractivity contribution in [2.75, 3.05) is 0 Å². The number of hydrogen-bond acceptors (Lipinski definition) is 6. The van der Waals surface area contributed by atoms with Crippen molar-refractivity contribution in [2.45, 2.75) is 6.61 Å². The molecule has 0 unspecified atom stereocenters. The minimum Gasteiger partial charge on any atom is -0.619 e. The summed E-state index contributed by atoms with van der Waals surface area (Å²) in [6.45, 7) is -0.209. The summed E-state index contributed by atoms with van der Waals surface area (Å²) in [5.41, 5.74) is 0.811. The number of esters is 1. The minimum atomic E-state index is -0.618. The van der Waals surface area contributed by atoms with Crippen LogP contribution in [0.4, 0.5) is 4.39 Å². The smallest absolute Gasteiger partial charge is 0.339 e. The Kier molecular flexibility index (Phi) is 3.96. The summed E-state index contributed by atoms with van der Waals surface area (Å²) in [7, 11) is 0. The van der Waals surface area contributed by atoms with Crippen molar-refractivity contribution in [3.05, 3.63) is 71.3 Å². The van der Waals surface area contributed by atoms with Crippen LogP contribution in [0.2, 0.25) is 0 Å². The van der Waals surface area contributed by atoms with Crippen molar-refractivity contribution in [3.63, 3.8) is 0 Å². The first-order valence-electron chi connectivity index (χ1n) is 6.56. The molecule has 0 spiro atoms. The lowest BCUT2D eigenvalue weighted by molar-refractivity contribution is -0.605. The molecule has 23 heavy (non-hydrogen) atoms. The first-order valence-corrected chi connectivity index (χ1v) is 6.56. The predicted octanol–water partition coefficient (Wildman–Crippen LogP) is 1.87. The number of nitrogens with zero attached hydrogens (tertiary/aromatic N) is 3. The van der Waals surface area contributed by atoms with Crippen molar-refractivity contribution in [1.29, 1.82) is 0 Å². The maximum atomic E-state index is 12.9. The van der Waals surface area contributed by atoms with Crippen molar-refractivity contribution in [2.24, 2.45) is 0 Å². The maximum Gasteiger partial charge on any atom is 0.339 e. The Morgan fingerprint density at radius 3 is 2.61 bits per heavy atom. The van der Waals surface area contributed by atoms with E-state index in [1.807, 2.05) is 0 Å². The molecule has 3 aromatic rings. The summed E-state index contributed by atoms with van der Waals surface area (Å²) in [6, 6.07) is 8.27. The monoisotopic (exact) mass is 315 g/mol. The third kappa shape index (κ3) is 3.49. The van der Waals surface area contributed by atoms with Gasteiger partial charge in [-0.25, -0.2) is 9.18 Å². The lowest BCUT2D eigenvalue weighted by atomic mass is 10.2. The number of benzene rings is 1. The maximum absolute atomic E-state index is 12.9. The molecule has 0 N–H and O–H groups in total. The van der Waals surface area contributed by atoms with Crippen LogP contribution in [0.3, 0.4) is 0 Å². The van der Waals surface area contributed by atoms with Crippen LogP contribution in [-0.4, -0.2) is 16.1 Å². The highest BCUT2D eigenvalue weighted by atomic mass is 19.1. The Morgan fingerprint density at radius 1 is 1.22 bits per heavy atom. The zero-order chi connectivity index (χ0) is 16.2. The number of aromatic nitrogens is 3. The number of ether oxygens (including phenoxy) is 1. The van der Waals surface area contributed by atoms with Gasteiger partial charge in [0.05, 0.1) is 5.56 Å². The highest BCUT2D eigenvalue weighted by Gasteiger charge is 2.13. The molecule has 7 nitrogen and oxygen atoms in total. The highest BCUT2D eigenvalue weighted by molar-refractivity contribution is 5.88. The van der Waals surface area contributed by atoms with Gasteiger partial charge in [-0.3, -0.25) is 0 Å². The Bertz CT molecular complexity index is 815. The van der Waals surface area contributed by atoms with Gasteiger partial charge in [0.1, 0.15) is 5.82 Å². The van der Waals surface area contributed by atoms with E-state index in [1.165, 1.54) is 48.8 Å². The van der Waals surface area contributed by atoms with Gasteiger partial charge in [0.25, 0.3) is 5.89 Å². The fraction of sp³-hybridized carbons (Fsp3) is 0.0667. The second-order valence-corrected chi connectivity index (χ2v) is 4.54. The molecule has 0 aliphatic carbocycles. The number of carbonyl (C=O) groups is 1. The number of rotatable bonds is 4. The molecule has 0 fully saturated rings. The molecule has 0 radical (unpaired) electrons. The summed E-state index contributed by atoms with van der Waals surface area (Å²) < 4.78 is 23.4. The van der Waals surface area contributed by atoms with Crippen molar-refractivity contribution < 1.29 is 23.2 Å².